The predicted octanol–water partition coefficient (Wildman–Crippen LogP) is 4.67. The number of hydrogen-bond acceptors (Lipinski definition) is 4. The largest absolute Gasteiger partial charge is 0.481 e. The fourth-order valence-corrected chi connectivity index (χ4v) is 2.45. The molecule has 26 heavy (non-hydrogen) atoms. The van der Waals surface area contributed by atoms with E-state index in [1.54, 1.807) is 6.08 Å². The van der Waals surface area contributed by atoms with Gasteiger partial charge in [-0.05, 0) is 32.1 Å². The number of nitrogens with zero attached hydrogens (tertiary/aromatic N) is 1. The number of carboxylic acids is 1. The summed E-state index contributed by atoms with van der Waals surface area (Å²) in [4.78, 5) is 21.0. The molecule has 0 rings (SSSR count). The van der Waals surface area contributed by atoms with E-state index in [0.29, 0.717) is 19.3 Å². The normalized spacial score (nSPS) is 14.4. The zero-order valence-corrected chi connectivity index (χ0v) is 15.8. The van der Waals surface area contributed by atoms with Crippen LogP contribution in [-0.2, 0) is 4.79 Å². The van der Waals surface area contributed by atoms with Crippen LogP contribution in [0.2, 0.25) is 0 Å². The highest BCUT2D eigenvalue weighted by Crippen LogP contribution is 2.12. The molecule has 0 amide bonds. The third-order valence-electron chi connectivity index (χ3n) is 4.00. The van der Waals surface area contributed by atoms with Crippen molar-refractivity contribution in [2.45, 2.75) is 83.3 Å². The Hall–Kier alpha value is -1.95. The standard InChI is InChI=1S/C20H33NO5/c1-2-3-12-16-19(22)18(21(25)26)15-13-10-8-6-4-5-7-9-11-14-17-20(23)24/h4,6-7,9-10,13,18-19,22H,2-3,5,8,11-12,14-17H2,1H3,(H,23,24)/b6-4-,9-7-,13-10-. The third-order valence-corrected chi connectivity index (χ3v) is 4.00. The van der Waals surface area contributed by atoms with Gasteiger partial charge in [-0.25, -0.2) is 0 Å². The molecule has 0 radical (unpaired) electrons. The van der Waals surface area contributed by atoms with Crippen molar-refractivity contribution in [1.82, 2.24) is 0 Å². The summed E-state index contributed by atoms with van der Waals surface area (Å²) >= 11 is 0. The molecule has 6 heteroatoms. The van der Waals surface area contributed by atoms with Crippen molar-refractivity contribution >= 4 is 5.97 Å². The van der Waals surface area contributed by atoms with Gasteiger partial charge in [-0.15, -0.1) is 0 Å². The summed E-state index contributed by atoms with van der Waals surface area (Å²) in [6.07, 6.45) is 17.4. The maximum absolute atomic E-state index is 11.1. The topological polar surface area (TPSA) is 101 Å². The van der Waals surface area contributed by atoms with E-state index in [1.165, 1.54) is 0 Å². The van der Waals surface area contributed by atoms with Crippen LogP contribution in [0.5, 0.6) is 0 Å². The first-order valence-electron chi connectivity index (χ1n) is 9.47. The quantitative estimate of drug-likeness (QED) is 0.179. The van der Waals surface area contributed by atoms with Crippen LogP contribution in [0, 0.1) is 10.1 Å². The van der Waals surface area contributed by atoms with Crippen molar-refractivity contribution in [1.29, 1.82) is 0 Å². The Labute approximate surface area is 156 Å². The van der Waals surface area contributed by atoms with Gasteiger partial charge >= 0.3 is 5.97 Å². The molecule has 0 aliphatic rings. The number of nitro groups is 1. The molecule has 0 fully saturated rings. The van der Waals surface area contributed by atoms with Gasteiger partial charge in [-0.1, -0.05) is 62.6 Å². The summed E-state index contributed by atoms with van der Waals surface area (Å²) in [7, 11) is 0. The first-order valence-corrected chi connectivity index (χ1v) is 9.47. The van der Waals surface area contributed by atoms with E-state index in [9.17, 15) is 20.0 Å². The van der Waals surface area contributed by atoms with E-state index >= 15 is 0 Å². The van der Waals surface area contributed by atoms with Crippen LogP contribution in [0.3, 0.4) is 0 Å². The minimum atomic E-state index is -0.930. The van der Waals surface area contributed by atoms with Crippen LogP contribution < -0.4 is 0 Å². The van der Waals surface area contributed by atoms with Gasteiger partial charge in [0.2, 0.25) is 6.04 Å². The van der Waals surface area contributed by atoms with Crippen molar-refractivity contribution in [3.8, 4) is 0 Å². The van der Waals surface area contributed by atoms with Crippen LogP contribution in [0.1, 0.15) is 71.1 Å². The van der Waals surface area contributed by atoms with Gasteiger partial charge in [-0.3, -0.25) is 14.9 Å². The van der Waals surface area contributed by atoms with Crippen molar-refractivity contribution in [2.24, 2.45) is 0 Å². The summed E-state index contributed by atoms with van der Waals surface area (Å²) in [5, 5.41) is 29.6. The van der Waals surface area contributed by atoms with E-state index in [-0.39, 0.29) is 17.8 Å². The molecule has 0 aromatic rings. The first kappa shape index (κ1) is 24.1. The number of hydrogen-bond donors (Lipinski definition) is 2. The van der Waals surface area contributed by atoms with Crippen LogP contribution in [0.15, 0.2) is 36.5 Å². The molecular formula is C20H33NO5. The molecule has 2 N–H and O–H groups in total. The van der Waals surface area contributed by atoms with Crippen molar-refractivity contribution in [2.75, 3.05) is 0 Å². The van der Waals surface area contributed by atoms with E-state index in [4.69, 9.17) is 5.11 Å². The summed E-state index contributed by atoms with van der Waals surface area (Å²) in [5.74, 6) is -0.766. The lowest BCUT2D eigenvalue weighted by Gasteiger charge is -2.14. The SMILES string of the molecule is CCCCCC(O)C(C/C=C\C/C=C\C/C=C\CCCC(=O)O)[N+](=O)[O-]. The van der Waals surface area contributed by atoms with Crippen LogP contribution in [0.25, 0.3) is 0 Å². The van der Waals surface area contributed by atoms with Gasteiger partial charge in [0.1, 0.15) is 6.10 Å². The predicted molar refractivity (Wildman–Crippen MR) is 104 cm³/mol. The van der Waals surface area contributed by atoms with Gasteiger partial charge in [0.05, 0.1) is 0 Å². The molecule has 0 aliphatic heterocycles. The van der Waals surface area contributed by atoms with Crippen molar-refractivity contribution < 1.29 is 19.9 Å². The van der Waals surface area contributed by atoms with E-state index in [2.05, 4.69) is 6.92 Å². The van der Waals surface area contributed by atoms with Gasteiger partial charge < -0.3 is 10.2 Å². The third kappa shape index (κ3) is 14.4. The molecule has 0 aliphatic carbocycles. The molecule has 0 saturated carbocycles. The summed E-state index contributed by atoms with van der Waals surface area (Å²) < 4.78 is 0. The molecule has 2 atom stereocenters. The van der Waals surface area contributed by atoms with Crippen LogP contribution in [0.4, 0.5) is 0 Å². The molecule has 0 heterocycles. The second-order valence-electron chi connectivity index (χ2n) is 6.32. The number of carbonyl (C=O) groups is 1. The number of aliphatic hydroxyl groups is 1. The Morgan fingerprint density at radius 2 is 1.65 bits per heavy atom. The maximum Gasteiger partial charge on any atom is 0.303 e. The molecule has 148 valence electrons. The highest BCUT2D eigenvalue weighted by molar-refractivity contribution is 5.66. The Balaban J connectivity index is 3.95. The average Bonchev–Trinajstić information content (AvgIpc) is 2.58. The first-order chi connectivity index (χ1) is 12.5. The van der Waals surface area contributed by atoms with E-state index in [1.807, 2.05) is 30.4 Å². The van der Waals surface area contributed by atoms with Crippen molar-refractivity contribution in [3.05, 3.63) is 46.6 Å². The molecule has 0 spiro atoms. The molecule has 6 nitrogen and oxygen atoms in total. The molecule has 0 saturated heterocycles. The second kappa shape index (κ2) is 16.5. The van der Waals surface area contributed by atoms with E-state index < -0.39 is 18.1 Å². The number of carboxylic acid groups (broad SMARTS) is 1. The molecule has 2 unspecified atom stereocenters. The smallest absolute Gasteiger partial charge is 0.303 e. The fraction of sp³-hybridized carbons (Fsp3) is 0.650. The highest BCUT2D eigenvalue weighted by atomic mass is 16.6. The number of aliphatic hydroxyl groups excluding tert-OH is 1. The lowest BCUT2D eigenvalue weighted by atomic mass is 10.0. The van der Waals surface area contributed by atoms with Crippen LogP contribution in [-0.4, -0.2) is 33.3 Å². The number of rotatable bonds is 16. The fourth-order valence-electron chi connectivity index (χ4n) is 2.45. The summed E-state index contributed by atoms with van der Waals surface area (Å²) in [6, 6.07) is -0.930. The molecule has 0 bridgehead atoms. The molecule has 0 aromatic heterocycles. The minimum absolute atomic E-state index is 0.198. The Kier molecular flexibility index (Phi) is 15.3. The lowest BCUT2D eigenvalue weighted by molar-refractivity contribution is -0.533. The Morgan fingerprint density at radius 1 is 1.04 bits per heavy atom. The Bertz CT molecular complexity index is 471. The summed E-state index contributed by atoms with van der Waals surface area (Å²) in [5.41, 5.74) is 0. The molecule has 0 aromatic carbocycles. The van der Waals surface area contributed by atoms with Crippen LogP contribution >= 0.6 is 0 Å². The zero-order chi connectivity index (χ0) is 19.6. The van der Waals surface area contributed by atoms with Gasteiger partial charge in [0.25, 0.3) is 0 Å². The Morgan fingerprint density at radius 3 is 2.23 bits per heavy atom. The van der Waals surface area contributed by atoms with Gasteiger partial charge in [0.15, 0.2) is 0 Å². The van der Waals surface area contributed by atoms with Gasteiger partial charge in [-0.2, -0.15) is 0 Å². The highest BCUT2D eigenvalue weighted by Gasteiger charge is 2.27. The zero-order valence-electron chi connectivity index (χ0n) is 15.8. The van der Waals surface area contributed by atoms with E-state index in [0.717, 1.165) is 32.1 Å². The summed E-state index contributed by atoms with van der Waals surface area (Å²) in [6.45, 7) is 2.06. The van der Waals surface area contributed by atoms with Crippen molar-refractivity contribution in [3.63, 3.8) is 0 Å². The lowest BCUT2D eigenvalue weighted by Crippen LogP contribution is -2.33. The van der Waals surface area contributed by atoms with Gasteiger partial charge in [0, 0.05) is 17.8 Å². The number of aliphatic carboxylic acids is 1. The average molecular weight is 367 g/mol. The number of allylic oxidation sites excluding steroid dienone is 5. The monoisotopic (exact) mass is 367 g/mol. The minimum Gasteiger partial charge on any atom is -0.481 e. The second-order valence-corrected chi connectivity index (χ2v) is 6.32. The maximum atomic E-state index is 11.1. The number of unbranched alkanes of at least 4 members (excludes halogenated alkanes) is 3. The molecular weight excluding hydrogens is 334 g/mol.